The molecule has 7 rings (SSSR count). The predicted octanol–water partition coefficient (Wildman–Crippen LogP) is 5.13. The van der Waals surface area contributed by atoms with Crippen LogP contribution < -0.4 is 0 Å². The van der Waals surface area contributed by atoms with E-state index in [0.29, 0.717) is 24.2 Å². The van der Waals surface area contributed by atoms with Crippen molar-refractivity contribution in [1.82, 2.24) is 10.1 Å². The third kappa shape index (κ3) is 3.69. The van der Waals surface area contributed by atoms with Gasteiger partial charge in [-0.3, -0.25) is 0 Å². The lowest BCUT2D eigenvalue weighted by atomic mass is 9.49. The van der Waals surface area contributed by atoms with Crippen molar-refractivity contribution in [1.29, 1.82) is 0 Å². The number of piperidine rings is 1. The third-order valence-corrected chi connectivity index (χ3v) is 8.67. The monoisotopic (exact) mass is 461 g/mol. The van der Waals surface area contributed by atoms with Crippen molar-refractivity contribution >= 4 is 11.8 Å². The van der Waals surface area contributed by atoms with E-state index in [1.807, 2.05) is 30.3 Å². The number of amidine groups is 1. The molecule has 0 amide bonds. The zero-order chi connectivity index (χ0) is 22.8. The number of rotatable bonds is 4. The first-order valence-corrected chi connectivity index (χ1v) is 12.3. The molecule has 0 radical (unpaired) electrons. The van der Waals surface area contributed by atoms with Gasteiger partial charge in [-0.15, -0.1) is 5.10 Å². The fourth-order valence-corrected chi connectivity index (χ4v) is 7.93. The second-order valence-corrected chi connectivity index (χ2v) is 11.0. The third-order valence-electron chi connectivity index (χ3n) is 8.67. The Morgan fingerprint density at radius 3 is 2.30 bits per heavy atom. The van der Waals surface area contributed by atoms with E-state index in [0.717, 1.165) is 55.2 Å². The van der Waals surface area contributed by atoms with Crippen LogP contribution in [0.25, 0.3) is 0 Å². The highest BCUT2D eigenvalue weighted by molar-refractivity contribution is 5.90. The van der Waals surface area contributed by atoms with Crippen LogP contribution in [-0.2, 0) is 16.1 Å². The zero-order valence-corrected chi connectivity index (χ0v) is 18.6. The number of hydrazone groups is 1. The van der Waals surface area contributed by atoms with Crippen LogP contribution in [0.1, 0.15) is 56.9 Å². The van der Waals surface area contributed by atoms with Gasteiger partial charge in [-0.05, 0) is 81.1 Å². The summed E-state index contributed by atoms with van der Waals surface area (Å²) in [6.45, 7) is 0.747. The molecule has 4 bridgehead atoms. The molecule has 0 spiro atoms. The smallest absolute Gasteiger partial charge is 0.333 e. The summed E-state index contributed by atoms with van der Waals surface area (Å²) < 4.78 is 39.4. The van der Waals surface area contributed by atoms with Crippen molar-refractivity contribution in [2.75, 3.05) is 6.54 Å². The maximum Gasteiger partial charge on any atom is 0.493 e. The molecule has 5 nitrogen and oxygen atoms in total. The Balaban J connectivity index is 1.33. The predicted molar refractivity (Wildman–Crippen MR) is 115 cm³/mol. The first kappa shape index (κ1) is 21.3. The van der Waals surface area contributed by atoms with Gasteiger partial charge in [-0.25, -0.2) is 4.79 Å². The molecule has 2 heterocycles. The number of hydrogen-bond donors (Lipinski definition) is 0. The van der Waals surface area contributed by atoms with Crippen molar-refractivity contribution in [2.45, 2.75) is 70.1 Å². The van der Waals surface area contributed by atoms with Gasteiger partial charge in [0.15, 0.2) is 6.17 Å². The molecule has 178 valence electrons. The van der Waals surface area contributed by atoms with Crippen molar-refractivity contribution in [3.8, 4) is 0 Å². The zero-order valence-electron chi connectivity index (χ0n) is 18.6. The number of benzene rings is 1. The van der Waals surface area contributed by atoms with Gasteiger partial charge in [0, 0.05) is 17.9 Å². The summed E-state index contributed by atoms with van der Waals surface area (Å²) in [6.07, 6.45) is 4.02. The van der Waals surface area contributed by atoms with Gasteiger partial charge in [-0.2, -0.15) is 13.2 Å². The lowest BCUT2D eigenvalue weighted by Crippen LogP contribution is -2.58. The lowest BCUT2D eigenvalue weighted by molar-refractivity contribution is -0.256. The standard InChI is InChI=1S/C25H30F3N3O2/c26-25(27,28)23(32)33-31-21-20(12-16-5-2-1-3-6-16)7-4-8-30(21)22(29-31)24-13-17-9-18(14-24)11-19(10-17)15-24/h1-3,5-6,17-21H,4,7-15H2. The first-order chi connectivity index (χ1) is 15.8. The van der Waals surface area contributed by atoms with Gasteiger partial charge < -0.3 is 9.74 Å². The van der Waals surface area contributed by atoms with Crippen molar-refractivity contribution < 1.29 is 22.8 Å². The Labute approximate surface area is 191 Å². The van der Waals surface area contributed by atoms with Gasteiger partial charge in [0.05, 0.1) is 0 Å². The maximum atomic E-state index is 13.1. The normalized spacial score (nSPS) is 37.2. The number of alkyl halides is 3. The van der Waals surface area contributed by atoms with Crippen LogP contribution in [0.3, 0.4) is 0 Å². The van der Waals surface area contributed by atoms with Gasteiger partial charge in [0.2, 0.25) is 0 Å². The van der Waals surface area contributed by atoms with Crippen LogP contribution >= 0.6 is 0 Å². The topological polar surface area (TPSA) is 45.1 Å². The molecule has 2 aliphatic heterocycles. The number of carbonyl (C=O) groups excluding carboxylic acids is 1. The molecule has 4 saturated carbocycles. The minimum Gasteiger partial charge on any atom is -0.333 e. The molecule has 0 aromatic heterocycles. The average molecular weight is 462 g/mol. The number of hydroxylamine groups is 1. The molecular weight excluding hydrogens is 431 g/mol. The molecular formula is C25H30F3N3O2. The van der Waals surface area contributed by atoms with E-state index in [2.05, 4.69) is 4.90 Å². The van der Waals surface area contributed by atoms with E-state index < -0.39 is 18.3 Å². The van der Waals surface area contributed by atoms with Crippen molar-refractivity contribution in [2.24, 2.45) is 34.2 Å². The van der Waals surface area contributed by atoms with Gasteiger partial charge in [0.25, 0.3) is 0 Å². The van der Waals surface area contributed by atoms with Crippen molar-refractivity contribution in [3.05, 3.63) is 35.9 Å². The van der Waals surface area contributed by atoms with Gasteiger partial charge >= 0.3 is 12.1 Å². The average Bonchev–Trinajstić information content (AvgIpc) is 3.13. The number of carbonyl (C=O) groups is 1. The summed E-state index contributed by atoms with van der Waals surface area (Å²) in [5.41, 5.74) is 1.05. The Morgan fingerprint density at radius 1 is 1.06 bits per heavy atom. The number of halogens is 3. The van der Waals surface area contributed by atoms with Gasteiger partial charge in [-0.1, -0.05) is 35.5 Å². The molecule has 1 saturated heterocycles. The minimum atomic E-state index is -5.05. The van der Waals surface area contributed by atoms with Crippen LogP contribution in [0, 0.1) is 29.1 Å². The van der Waals surface area contributed by atoms with Crippen LogP contribution in [0.4, 0.5) is 13.2 Å². The molecule has 6 aliphatic rings. The molecule has 2 unspecified atom stereocenters. The minimum absolute atomic E-state index is 0.0253. The largest absolute Gasteiger partial charge is 0.493 e. The summed E-state index contributed by atoms with van der Waals surface area (Å²) in [5.74, 6) is 0.788. The Hall–Kier alpha value is -2.25. The summed E-state index contributed by atoms with van der Waals surface area (Å²) in [6, 6.07) is 9.99. The van der Waals surface area contributed by atoms with E-state index in [1.54, 1.807) is 0 Å². The Kier molecular flexibility index (Phi) is 4.93. The highest BCUT2D eigenvalue weighted by Crippen LogP contribution is 2.61. The van der Waals surface area contributed by atoms with E-state index in [1.165, 1.54) is 19.3 Å². The summed E-state index contributed by atoms with van der Waals surface area (Å²) in [7, 11) is 0. The molecule has 1 aromatic carbocycles. The highest BCUT2D eigenvalue weighted by Gasteiger charge is 2.59. The van der Waals surface area contributed by atoms with Gasteiger partial charge in [0.1, 0.15) is 5.84 Å². The summed E-state index contributed by atoms with van der Waals surface area (Å²) >= 11 is 0. The van der Waals surface area contributed by atoms with E-state index in [-0.39, 0.29) is 11.3 Å². The highest BCUT2D eigenvalue weighted by atomic mass is 19.4. The number of hydrogen-bond acceptors (Lipinski definition) is 5. The molecule has 2 atom stereocenters. The summed E-state index contributed by atoms with van der Waals surface area (Å²) in [4.78, 5) is 19.0. The maximum absolute atomic E-state index is 13.1. The number of fused-ring (bicyclic) bond motifs is 1. The number of nitrogens with zero attached hydrogens (tertiary/aromatic N) is 3. The first-order valence-electron chi connectivity index (χ1n) is 12.3. The summed E-state index contributed by atoms with van der Waals surface area (Å²) in [5, 5.41) is 5.73. The molecule has 0 N–H and O–H groups in total. The molecule has 5 fully saturated rings. The van der Waals surface area contributed by atoms with E-state index >= 15 is 0 Å². The quantitative estimate of drug-likeness (QED) is 0.624. The Morgan fingerprint density at radius 2 is 1.70 bits per heavy atom. The Bertz CT molecular complexity index is 913. The van der Waals surface area contributed by atoms with Crippen molar-refractivity contribution in [3.63, 3.8) is 0 Å². The SMILES string of the molecule is O=C(ON1N=C(C23CC4CC(CC(C4)C2)C3)N2CCCC(Cc3ccccc3)C12)C(F)(F)F. The van der Waals surface area contributed by atoms with Crippen LogP contribution in [-0.4, -0.2) is 40.8 Å². The van der Waals surface area contributed by atoms with E-state index in [9.17, 15) is 18.0 Å². The van der Waals surface area contributed by atoms with Crippen LogP contribution in [0.15, 0.2) is 35.4 Å². The molecule has 4 aliphatic carbocycles. The van der Waals surface area contributed by atoms with Crippen LogP contribution in [0.2, 0.25) is 0 Å². The fourth-order valence-electron chi connectivity index (χ4n) is 7.93. The lowest BCUT2D eigenvalue weighted by Gasteiger charge is -2.57. The van der Waals surface area contributed by atoms with Crippen LogP contribution in [0.5, 0.6) is 0 Å². The molecule has 33 heavy (non-hydrogen) atoms. The second kappa shape index (κ2) is 7.64. The second-order valence-electron chi connectivity index (χ2n) is 11.0. The fraction of sp³-hybridized carbons (Fsp3) is 0.680. The molecule has 8 heteroatoms. The van der Waals surface area contributed by atoms with E-state index in [4.69, 9.17) is 9.94 Å². The molecule has 1 aromatic rings.